The summed E-state index contributed by atoms with van der Waals surface area (Å²) in [5, 5.41) is 8.73. The Morgan fingerprint density at radius 3 is 2.68 bits per heavy atom. The van der Waals surface area contributed by atoms with Gasteiger partial charge in [-0.1, -0.05) is 0 Å². The summed E-state index contributed by atoms with van der Waals surface area (Å²) in [4.78, 5) is 36.7. The molecule has 0 saturated carbocycles. The van der Waals surface area contributed by atoms with Gasteiger partial charge >= 0.3 is 18.0 Å². The predicted molar refractivity (Wildman–Crippen MR) is 63.6 cm³/mol. The Balaban J connectivity index is 2.64. The van der Waals surface area contributed by atoms with Crippen LogP contribution in [0.25, 0.3) is 0 Å². The van der Waals surface area contributed by atoms with Crippen LogP contribution in [-0.2, 0) is 19.1 Å². The van der Waals surface area contributed by atoms with Crippen molar-refractivity contribution in [2.45, 2.75) is 13.0 Å². The third-order valence-corrected chi connectivity index (χ3v) is 2.78. The minimum Gasteiger partial charge on any atom is -0.480 e. The van der Waals surface area contributed by atoms with E-state index in [2.05, 4.69) is 4.74 Å². The van der Waals surface area contributed by atoms with Gasteiger partial charge < -0.3 is 24.4 Å². The number of rotatable bonds is 4. The van der Waals surface area contributed by atoms with Crippen LogP contribution in [-0.4, -0.2) is 78.9 Å². The number of hydrogen-bond acceptors (Lipinski definition) is 5. The largest absolute Gasteiger partial charge is 0.480 e. The van der Waals surface area contributed by atoms with Crippen LogP contribution in [0.15, 0.2) is 0 Å². The van der Waals surface area contributed by atoms with E-state index in [1.54, 1.807) is 6.92 Å². The van der Waals surface area contributed by atoms with Crippen molar-refractivity contribution in [2.75, 3.05) is 39.9 Å². The zero-order valence-electron chi connectivity index (χ0n) is 11.0. The highest BCUT2D eigenvalue weighted by atomic mass is 16.6. The summed E-state index contributed by atoms with van der Waals surface area (Å²) in [5.41, 5.74) is 0. The van der Waals surface area contributed by atoms with E-state index in [-0.39, 0.29) is 26.2 Å². The maximum absolute atomic E-state index is 12.1. The predicted octanol–water partition coefficient (Wildman–Crippen LogP) is -0.613. The highest BCUT2D eigenvalue weighted by Crippen LogP contribution is 2.09. The van der Waals surface area contributed by atoms with E-state index in [4.69, 9.17) is 9.84 Å². The van der Waals surface area contributed by atoms with E-state index in [0.717, 1.165) is 0 Å². The number of esters is 1. The van der Waals surface area contributed by atoms with Crippen molar-refractivity contribution in [2.24, 2.45) is 0 Å². The van der Waals surface area contributed by atoms with Gasteiger partial charge in [0, 0.05) is 13.1 Å². The van der Waals surface area contributed by atoms with Crippen LogP contribution in [0.1, 0.15) is 6.92 Å². The standard InChI is InChI=1S/C11H18N2O6/c1-3-12(7-9(14)15)11(17)13-4-5-19-8(6-13)10(16)18-2/h8H,3-7H2,1-2H3,(H,14,15). The molecule has 0 bridgehead atoms. The normalized spacial score (nSPS) is 18.8. The van der Waals surface area contributed by atoms with Crippen LogP contribution < -0.4 is 0 Å². The highest BCUT2D eigenvalue weighted by molar-refractivity contribution is 5.81. The fourth-order valence-corrected chi connectivity index (χ4v) is 1.78. The molecule has 8 heteroatoms. The third kappa shape index (κ3) is 4.09. The summed E-state index contributed by atoms with van der Waals surface area (Å²) < 4.78 is 9.76. The van der Waals surface area contributed by atoms with Crippen LogP contribution >= 0.6 is 0 Å². The molecule has 1 rings (SSSR count). The van der Waals surface area contributed by atoms with Crippen LogP contribution in [0.3, 0.4) is 0 Å². The molecule has 1 aliphatic heterocycles. The van der Waals surface area contributed by atoms with Gasteiger partial charge in [0.2, 0.25) is 0 Å². The molecule has 1 heterocycles. The Morgan fingerprint density at radius 2 is 2.16 bits per heavy atom. The molecule has 0 aromatic rings. The van der Waals surface area contributed by atoms with Crippen molar-refractivity contribution in [1.29, 1.82) is 0 Å². The highest BCUT2D eigenvalue weighted by Gasteiger charge is 2.32. The lowest BCUT2D eigenvalue weighted by atomic mass is 10.3. The number of carboxylic acid groups (broad SMARTS) is 1. The number of urea groups is 1. The lowest BCUT2D eigenvalue weighted by Crippen LogP contribution is -2.53. The second-order valence-electron chi connectivity index (χ2n) is 4.02. The van der Waals surface area contributed by atoms with Crippen molar-refractivity contribution in [3.63, 3.8) is 0 Å². The molecule has 0 radical (unpaired) electrons. The molecule has 1 unspecified atom stereocenters. The Hall–Kier alpha value is -1.83. The Labute approximate surface area is 110 Å². The Morgan fingerprint density at radius 1 is 1.47 bits per heavy atom. The number of amides is 2. The summed E-state index contributed by atoms with van der Waals surface area (Å²) in [6.45, 7) is 2.22. The molecule has 0 aromatic carbocycles. The minimum atomic E-state index is -1.08. The fraction of sp³-hybridized carbons (Fsp3) is 0.727. The molecule has 1 fully saturated rings. The molecule has 2 amide bonds. The van der Waals surface area contributed by atoms with E-state index >= 15 is 0 Å². The number of methoxy groups -OCH3 is 1. The third-order valence-electron chi connectivity index (χ3n) is 2.78. The molecule has 108 valence electrons. The van der Waals surface area contributed by atoms with Gasteiger partial charge in [0.05, 0.1) is 20.3 Å². The van der Waals surface area contributed by atoms with Crippen molar-refractivity contribution >= 4 is 18.0 Å². The van der Waals surface area contributed by atoms with Gasteiger partial charge in [-0.15, -0.1) is 0 Å². The van der Waals surface area contributed by atoms with Crippen LogP contribution in [0.4, 0.5) is 4.79 Å². The molecular formula is C11H18N2O6. The van der Waals surface area contributed by atoms with Crippen LogP contribution in [0.5, 0.6) is 0 Å². The van der Waals surface area contributed by atoms with E-state index in [9.17, 15) is 14.4 Å². The van der Waals surface area contributed by atoms with Gasteiger partial charge in [-0.25, -0.2) is 9.59 Å². The van der Waals surface area contributed by atoms with E-state index in [1.807, 2.05) is 0 Å². The summed E-state index contributed by atoms with van der Waals surface area (Å²) in [6.07, 6.45) is -0.814. The molecule has 1 aliphatic rings. The minimum absolute atomic E-state index is 0.0711. The first-order chi connectivity index (χ1) is 8.99. The van der Waals surface area contributed by atoms with Crippen LogP contribution in [0.2, 0.25) is 0 Å². The fourth-order valence-electron chi connectivity index (χ4n) is 1.78. The van der Waals surface area contributed by atoms with Gasteiger partial charge in [-0.2, -0.15) is 0 Å². The maximum atomic E-state index is 12.1. The molecule has 0 aromatic heterocycles. The average molecular weight is 274 g/mol. The van der Waals surface area contributed by atoms with Crippen molar-refractivity contribution in [3.05, 3.63) is 0 Å². The summed E-state index contributed by atoms with van der Waals surface area (Å²) >= 11 is 0. The first kappa shape index (κ1) is 15.2. The summed E-state index contributed by atoms with van der Waals surface area (Å²) in [5.74, 6) is -1.62. The second kappa shape index (κ2) is 6.93. The number of ether oxygens (including phenoxy) is 2. The average Bonchev–Trinajstić information content (AvgIpc) is 2.43. The van der Waals surface area contributed by atoms with Gasteiger partial charge in [0.1, 0.15) is 6.54 Å². The second-order valence-corrected chi connectivity index (χ2v) is 4.02. The van der Waals surface area contributed by atoms with Crippen LogP contribution in [0, 0.1) is 0 Å². The number of carboxylic acids is 1. The Bertz CT molecular complexity index is 359. The number of morpholine rings is 1. The van der Waals surface area contributed by atoms with Gasteiger partial charge in [0.15, 0.2) is 6.10 Å². The molecule has 1 saturated heterocycles. The molecular weight excluding hydrogens is 256 g/mol. The lowest BCUT2D eigenvalue weighted by Gasteiger charge is -2.34. The quantitative estimate of drug-likeness (QED) is 0.687. The number of nitrogens with zero attached hydrogens (tertiary/aromatic N) is 2. The van der Waals surface area contributed by atoms with Crippen molar-refractivity contribution in [1.82, 2.24) is 9.80 Å². The summed E-state index contributed by atoms with van der Waals surface area (Å²) in [6, 6.07) is -0.415. The number of hydrogen-bond donors (Lipinski definition) is 1. The van der Waals surface area contributed by atoms with Gasteiger partial charge in [-0.3, -0.25) is 4.79 Å². The first-order valence-corrected chi connectivity index (χ1v) is 5.94. The molecule has 8 nitrogen and oxygen atoms in total. The number of carbonyl (C=O) groups excluding carboxylic acids is 2. The van der Waals surface area contributed by atoms with Gasteiger partial charge in [-0.05, 0) is 6.92 Å². The first-order valence-electron chi connectivity index (χ1n) is 5.94. The van der Waals surface area contributed by atoms with Crippen molar-refractivity contribution in [3.8, 4) is 0 Å². The topological polar surface area (TPSA) is 96.4 Å². The van der Waals surface area contributed by atoms with E-state index < -0.39 is 24.1 Å². The van der Waals surface area contributed by atoms with Crippen molar-refractivity contribution < 1.29 is 29.0 Å². The molecule has 19 heavy (non-hydrogen) atoms. The van der Waals surface area contributed by atoms with Gasteiger partial charge in [0.25, 0.3) is 0 Å². The maximum Gasteiger partial charge on any atom is 0.336 e. The molecule has 1 atom stereocenters. The number of aliphatic carboxylic acids is 1. The zero-order chi connectivity index (χ0) is 14.4. The lowest BCUT2D eigenvalue weighted by molar-refractivity contribution is -0.158. The zero-order valence-corrected chi connectivity index (χ0v) is 11.0. The molecule has 0 spiro atoms. The van der Waals surface area contributed by atoms with E-state index in [1.165, 1.54) is 16.9 Å². The molecule has 0 aliphatic carbocycles. The summed E-state index contributed by atoms with van der Waals surface area (Å²) in [7, 11) is 1.25. The monoisotopic (exact) mass is 274 g/mol. The number of carbonyl (C=O) groups is 3. The SMILES string of the molecule is CCN(CC(=O)O)C(=O)N1CCOC(C(=O)OC)C1. The number of likely N-dealkylation sites (N-methyl/N-ethyl adjacent to an activating group) is 1. The van der Waals surface area contributed by atoms with E-state index in [0.29, 0.717) is 6.54 Å². The Kier molecular flexibility index (Phi) is 5.56. The smallest absolute Gasteiger partial charge is 0.336 e. The molecule has 1 N–H and O–H groups in total.